The molecule has 0 spiro atoms. The van der Waals surface area contributed by atoms with Gasteiger partial charge in [-0.15, -0.1) is 0 Å². The maximum atomic E-state index is 12.6. The van der Waals surface area contributed by atoms with E-state index < -0.39 is 0 Å². The number of halogens is 1. The molecular weight excluding hydrogens is 338 g/mol. The molecule has 0 saturated heterocycles. The first-order valence-electron chi connectivity index (χ1n) is 8.30. The summed E-state index contributed by atoms with van der Waals surface area (Å²) in [6.07, 6.45) is 1.94. The van der Waals surface area contributed by atoms with Gasteiger partial charge in [-0.1, -0.05) is 37.1 Å². The summed E-state index contributed by atoms with van der Waals surface area (Å²) in [7, 11) is 0. The van der Waals surface area contributed by atoms with Crippen molar-refractivity contribution in [1.29, 1.82) is 0 Å². The van der Waals surface area contributed by atoms with Crippen LogP contribution < -0.4 is 5.32 Å². The van der Waals surface area contributed by atoms with E-state index in [1.807, 2.05) is 37.3 Å². The van der Waals surface area contributed by atoms with Crippen molar-refractivity contribution >= 4 is 17.5 Å². The lowest BCUT2D eigenvalue weighted by atomic mass is 10.2. The molecular formula is C19H20ClN3O2. The number of aryl methyl sites for hydroxylation is 1. The first kappa shape index (κ1) is 17.3. The van der Waals surface area contributed by atoms with Crippen LogP contribution in [-0.4, -0.2) is 22.2 Å². The van der Waals surface area contributed by atoms with E-state index >= 15 is 0 Å². The molecule has 3 rings (SSSR count). The molecule has 2 heterocycles. The van der Waals surface area contributed by atoms with Gasteiger partial charge in [-0.05, 0) is 37.6 Å². The number of hydrogen-bond donors (Lipinski definition) is 1. The Morgan fingerprint density at radius 2 is 2.08 bits per heavy atom. The van der Waals surface area contributed by atoms with E-state index in [0.29, 0.717) is 34.4 Å². The highest BCUT2D eigenvalue weighted by Gasteiger charge is 2.20. The van der Waals surface area contributed by atoms with E-state index in [4.69, 9.17) is 16.0 Å². The van der Waals surface area contributed by atoms with Crippen LogP contribution >= 0.6 is 11.6 Å². The third-order valence-corrected chi connectivity index (χ3v) is 4.15. The highest BCUT2D eigenvalue weighted by molar-refractivity contribution is 6.32. The minimum Gasteiger partial charge on any atom is -0.460 e. The molecule has 3 aromatic rings. The maximum Gasteiger partial charge on any atom is 0.270 e. The third kappa shape index (κ3) is 3.77. The molecule has 2 aromatic heterocycles. The molecule has 0 radical (unpaired) electrons. The van der Waals surface area contributed by atoms with Gasteiger partial charge >= 0.3 is 0 Å². The van der Waals surface area contributed by atoms with Gasteiger partial charge in [0.15, 0.2) is 5.76 Å². The molecule has 1 aromatic carbocycles. The molecule has 0 atom stereocenters. The van der Waals surface area contributed by atoms with Crippen LogP contribution in [0.25, 0.3) is 17.1 Å². The first-order chi connectivity index (χ1) is 12.1. The third-order valence-electron chi connectivity index (χ3n) is 3.83. The largest absolute Gasteiger partial charge is 0.460 e. The highest BCUT2D eigenvalue weighted by Crippen LogP contribution is 2.26. The number of aromatic nitrogens is 2. The van der Waals surface area contributed by atoms with Crippen LogP contribution in [0.4, 0.5) is 0 Å². The second-order valence-corrected chi connectivity index (χ2v) is 6.20. The molecule has 0 saturated carbocycles. The fourth-order valence-corrected chi connectivity index (χ4v) is 2.73. The Kier molecular flexibility index (Phi) is 5.24. The summed E-state index contributed by atoms with van der Waals surface area (Å²) in [4.78, 5) is 12.6. The van der Waals surface area contributed by atoms with Gasteiger partial charge in [0.2, 0.25) is 0 Å². The van der Waals surface area contributed by atoms with Gasteiger partial charge < -0.3 is 9.73 Å². The Hall–Kier alpha value is -2.53. The second kappa shape index (κ2) is 7.57. The topological polar surface area (TPSA) is 60.1 Å². The smallest absolute Gasteiger partial charge is 0.270 e. The molecule has 5 nitrogen and oxygen atoms in total. The summed E-state index contributed by atoms with van der Waals surface area (Å²) in [5, 5.41) is 8.00. The number of nitrogens with zero attached hydrogens (tertiary/aromatic N) is 2. The van der Waals surface area contributed by atoms with Gasteiger partial charge in [0.05, 0.1) is 10.7 Å². The summed E-state index contributed by atoms with van der Waals surface area (Å²) < 4.78 is 7.21. The van der Waals surface area contributed by atoms with E-state index in [2.05, 4.69) is 17.3 Å². The van der Waals surface area contributed by atoms with Crippen LogP contribution in [0.2, 0.25) is 5.02 Å². The predicted octanol–water partition coefficient (Wildman–Crippen LogP) is 4.62. The number of benzene rings is 1. The SMILES string of the molecule is CCCCNC(=O)c1cc(-c2ccc(C)o2)nn1-c1ccccc1Cl. The molecule has 0 unspecified atom stereocenters. The number of nitrogens with one attached hydrogen (secondary N) is 1. The highest BCUT2D eigenvalue weighted by atomic mass is 35.5. The van der Waals surface area contributed by atoms with Crippen LogP contribution in [0.1, 0.15) is 36.0 Å². The Labute approximate surface area is 151 Å². The number of hydrogen-bond acceptors (Lipinski definition) is 3. The molecule has 0 bridgehead atoms. The average Bonchev–Trinajstić information content (AvgIpc) is 3.22. The van der Waals surface area contributed by atoms with Crippen LogP contribution in [0.5, 0.6) is 0 Å². The summed E-state index contributed by atoms with van der Waals surface area (Å²) in [5.41, 5.74) is 1.67. The minimum absolute atomic E-state index is 0.185. The average molecular weight is 358 g/mol. The molecule has 0 aliphatic heterocycles. The predicted molar refractivity (Wildman–Crippen MR) is 98.3 cm³/mol. The minimum atomic E-state index is -0.185. The number of para-hydroxylation sites is 1. The zero-order valence-electron chi connectivity index (χ0n) is 14.3. The van der Waals surface area contributed by atoms with Gasteiger partial charge in [0.1, 0.15) is 17.1 Å². The molecule has 0 fully saturated rings. The second-order valence-electron chi connectivity index (χ2n) is 5.80. The lowest BCUT2D eigenvalue weighted by Crippen LogP contribution is -2.26. The maximum absolute atomic E-state index is 12.6. The number of carbonyl (C=O) groups excluding carboxylic acids is 1. The fourth-order valence-electron chi connectivity index (χ4n) is 2.51. The van der Waals surface area contributed by atoms with Gasteiger partial charge in [0, 0.05) is 12.6 Å². The molecule has 0 aliphatic carbocycles. The van der Waals surface area contributed by atoms with Crippen molar-refractivity contribution in [2.75, 3.05) is 6.54 Å². The lowest BCUT2D eigenvalue weighted by molar-refractivity contribution is 0.0945. The molecule has 0 aliphatic rings. The Balaban J connectivity index is 2.03. The number of unbranched alkanes of at least 4 members (excludes halogenated alkanes) is 1. The van der Waals surface area contributed by atoms with Crippen molar-refractivity contribution in [2.45, 2.75) is 26.7 Å². The Morgan fingerprint density at radius 3 is 2.76 bits per heavy atom. The Bertz CT molecular complexity index is 882. The van der Waals surface area contributed by atoms with E-state index in [0.717, 1.165) is 18.6 Å². The van der Waals surface area contributed by atoms with Crippen molar-refractivity contribution < 1.29 is 9.21 Å². The van der Waals surface area contributed by atoms with Crippen molar-refractivity contribution in [2.24, 2.45) is 0 Å². The summed E-state index contributed by atoms with van der Waals surface area (Å²) in [6, 6.07) is 12.7. The van der Waals surface area contributed by atoms with Crippen molar-refractivity contribution in [3.63, 3.8) is 0 Å². The van der Waals surface area contributed by atoms with Crippen molar-refractivity contribution in [3.05, 3.63) is 58.9 Å². The quantitative estimate of drug-likeness (QED) is 0.654. The van der Waals surface area contributed by atoms with Gasteiger partial charge in [-0.25, -0.2) is 4.68 Å². The van der Waals surface area contributed by atoms with E-state index in [9.17, 15) is 4.79 Å². The van der Waals surface area contributed by atoms with Crippen LogP contribution in [0, 0.1) is 6.92 Å². The zero-order chi connectivity index (χ0) is 17.8. The number of furan rings is 1. The molecule has 25 heavy (non-hydrogen) atoms. The normalized spacial score (nSPS) is 10.8. The van der Waals surface area contributed by atoms with Crippen molar-refractivity contribution in [1.82, 2.24) is 15.1 Å². The number of rotatable bonds is 6. The van der Waals surface area contributed by atoms with Gasteiger partial charge in [-0.3, -0.25) is 4.79 Å². The molecule has 1 N–H and O–H groups in total. The van der Waals surface area contributed by atoms with Crippen molar-refractivity contribution in [3.8, 4) is 17.1 Å². The summed E-state index contributed by atoms with van der Waals surface area (Å²) in [5.74, 6) is 1.22. The van der Waals surface area contributed by atoms with E-state index in [-0.39, 0.29) is 5.91 Å². The van der Waals surface area contributed by atoms with Crippen LogP contribution in [0.3, 0.4) is 0 Å². The standard InChI is InChI=1S/C19H20ClN3O2/c1-3-4-11-21-19(24)17-12-15(18-10-9-13(2)25-18)22-23(17)16-8-6-5-7-14(16)20/h5-10,12H,3-4,11H2,1-2H3,(H,21,24). The molecule has 130 valence electrons. The zero-order valence-corrected chi connectivity index (χ0v) is 15.0. The van der Waals surface area contributed by atoms with E-state index in [1.165, 1.54) is 0 Å². The van der Waals surface area contributed by atoms with Gasteiger partial charge in [-0.2, -0.15) is 5.10 Å². The first-order valence-corrected chi connectivity index (χ1v) is 8.68. The lowest BCUT2D eigenvalue weighted by Gasteiger charge is -2.09. The van der Waals surface area contributed by atoms with Crippen LogP contribution in [-0.2, 0) is 0 Å². The monoisotopic (exact) mass is 357 g/mol. The van der Waals surface area contributed by atoms with Gasteiger partial charge in [0.25, 0.3) is 5.91 Å². The van der Waals surface area contributed by atoms with Crippen LogP contribution in [0.15, 0.2) is 46.9 Å². The molecule has 1 amide bonds. The molecule has 6 heteroatoms. The summed E-state index contributed by atoms with van der Waals surface area (Å²) in [6.45, 7) is 4.57. The van der Waals surface area contributed by atoms with E-state index in [1.54, 1.807) is 16.8 Å². The fraction of sp³-hybridized carbons (Fsp3) is 0.263. The Morgan fingerprint density at radius 1 is 1.28 bits per heavy atom. The number of amides is 1. The number of carbonyl (C=O) groups is 1. The summed E-state index contributed by atoms with van der Waals surface area (Å²) >= 11 is 6.31.